The molecule has 0 unspecified atom stereocenters. The van der Waals surface area contributed by atoms with Gasteiger partial charge in [-0.1, -0.05) is 27.7 Å². The summed E-state index contributed by atoms with van der Waals surface area (Å²) in [5.41, 5.74) is 4.55. The molecule has 27 heavy (non-hydrogen) atoms. The molecular formula is C21H30N6. The number of hydrogen-bond acceptors (Lipinski definition) is 6. The van der Waals surface area contributed by atoms with E-state index in [-0.39, 0.29) is 5.92 Å². The van der Waals surface area contributed by atoms with Crippen LogP contribution in [0.4, 0.5) is 23.0 Å². The fourth-order valence-electron chi connectivity index (χ4n) is 2.94. The second-order valence-corrected chi connectivity index (χ2v) is 7.59. The Morgan fingerprint density at radius 1 is 0.926 bits per heavy atom. The molecule has 2 rings (SSSR count). The van der Waals surface area contributed by atoms with Gasteiger partial charge in [-0.05, 0) is 23.5 Å². The quantitative estimate of drug-likeness (QED) is 0.676. The van der Waals surface area contributed by atoms with Crippen molar-refractivity contribution in [3.05, 3.63) is 35.7 Å². The number of rotatable bonds is 6. The van der Waals surface area contributed by atoms with E-state index in [4.69, 9.17) is 0 Å². The maximum absolute atomic E-state index is 4.60. The molecule has 0 N–H and O–H groups in total. The maximum atomic E-state index is 4.60. The van der Waals surface area contributed by atoms with E-state index in [1.165, 1.54) is 11.3 Å². The summed E-state index contributed by atoms with van der Waals surface area (Å²) in [6.07, 6.45) is 3.65. The predicted octanol–water partition coefficient (Wildman–Crippen LogP) is 4.99. The van der Waals surface area contributed by atoms with Crippen molar-refractivity contribution in [2.75, 3.05) is 38.0 Å². The Kier molecular flexibility index (Phi) is 6.70. The maximum Gasteiger partial charge on any atom is 0.168 e. The average molecular weight is 367 g/mol. The van der Waals surface area contributed by atoms with Gasteiger partial charge in [0.15, 0.2) is 11.6 Å². The molecule has 0 aliphatic carbocycles. The van der Waals surface area contributed by atoms with E-state index in [9.17, 15) is 0 Å². The minimum absolute atomic E-state index is 0.282. The van der Waals surface area contributed by atoms with E-state index < -0.39 is 0 Å². The Morgan fingerprint density at radius 3 is 2.19 bits per heavy atom. The number of nitrogens with zero attached hydrogens (tertiary/aromatic N) is 6. The lowest BCUT2D eigenvalue weighted by molar-refractivity contribution is 0.810. The van der Waals surface area contributed by atoms with Gasteiger partial charge in [0.1, 0.15) is 6.01 Å². The van der Waals surface area contributed by atoms with Crippen LogP contribution in [0.2, 0.25) is 0 Å². The van der Waals surface area contributed by atoms with Crippen LogP contribution in [0.25, 0.3) is 0 Å². The molecule has 0 aliphatic rings. The fraction of sp³-hybridized carbons (Fsp3) is 0.476. The molecule has 0 fully saturated rings. The highest BCUT2D eigenvalue weighted by atomic mass is 15.1. The van der Waals surface area contributed by atoms with Crippen LogP contribution < -0.4 is 9.80 Å². The van der Waals surface area contributed by atoms with Gasteiger partial charge in [0.05, 0.1) is 0 Å². The monoisotopic (exact) mass is 366 g/mol. The topological polar surface area (TPSA) is 57.0 Å². The van der Waals surface area contributed by atoms with Crippen molar-refractivity contribution < 1.29 is 0 Å². The zero-order chi connectivity index (χ0) is 20.1. The third kappa shape index (κ3) is 4.92. The van der Waals surface area contributed by atoms with Crippen LogP contribution in [0.5, 0.6) is 0 Å². The molecule has 0 saturated heterocycles. The first-order valence-electron chi connectivity index (χ1n) is 9.22. The van der Waals surface area contributed by atoms with E-state index in [2.05, 4.69) is 72.7 Å². The molecule has 0 bridgehead atoms. The van der Waals surface area contributed by atoms with Gasteiger partial charge in [0, 0.05) is 63.6 Å². The molecular weight excluding hydrogens is 336 g/mol. The van der Waals surface area contributed by atoms with E-state index >= 15 is 0 Å². The SMILES string of the molecule is CC(C)c1cnc(N=C=Nc2cc(N(C)C)ccn2)c(C(C)C)c1N(C)C. The third-order valence-electron chi connectivity index (χ3n) is 4.31. The molecule has 0 aliphatic heterocycles. The number of pyridine rings is 2. The first kappa shape index (κ1) is 20.6. The van der Waals surface area contributed by atoms with Gasteiger partial charge in [-0.25, -0.2) is 9.97 Å². The Balaban J connectivity index is 2.51. The molecule has 6 heteroatoms. The van der Waals surface area contributed by atoms with Crippen molar-refractivity contribution in [3.63, 3.8) is 0 Å². The Labute approximate surface area is 162 Å². The van der Waals surface area contributed by atoms with Crippen molar-refractivity contribution in [2.45, 2.75) is 39.5 Å². The summed E-state index contributed by atoms with van der Waals surface area (Å²) in [6, 6.07) is 6.61. The van der Waals surface area contributed by atoms with Crippen LogP contribution in [0.15, 0.2) is 34.5 Å². The minimum atomic E-state index is 0.282. The van der Waals surface area contributed by atoms with Crippen molar-refractivity contribution in [2.24, 2.45) is 9.98 Å². The predicted molar refractivity (Wildman–Crippen MR) is 114 cm³/mol. The Hall–Kier alpha value is -2.72. The van der Waals surface area contributed by atoms with Crippen molar-refractivity contribution >= 4 is 29.0 Å². The smallest absolute Gasteiger partial charge is 0.168 e. The van der Waals surface area contributed by atoms with Crippen molar-refractivity contribution in [3.8, 4) is 0 Å². The third-order valence-corrected chi connectivity index (χ3v) is 4.31. The molecule has 0 amide bonds. The number of hydrogen-bond donors (Lipinski definition) is 0. The average Bonchev–Trinajstić information content (AvgIpc) is 2.60. The molecule has 2 aromatic rings. The second kappa shape index (κ2) is 8.78. The summed E-state index contributed by atoms with van der Waals surface area (Å²) in [7, 11) is 8.08. The van der Waals surface area contributed by atoms with Crippen molar-refractivity contribution in [1.82, 2.24) is 9.97 Å². The van der Waals surface area contributed by atoms with E-state index in [0.717, 1.165) is 11.3 Å². The molecule has 6 nitrogen and oxygen atoms in total. The number of anilines is 2. The first-order valence-corrected chi connectivity index (χ1v) is 9.22. The molecule has 0 aromatic carbocycles. The highest BCUT2D eigenvalue weighted by Crippen LogP contribution is 2.38. The number of aromatic nitrogens is 2. The van der Waals surface area contributed by atoms with Gasteiger partial charge >= 0.3 is 0 Å². The summed E-state index contributed by atoms with van der Waals surface area (Å²) in [5, 5.41) is 0. The van der Waals surface area contributed by atoms with Crippen LogP contribution in [0.1, 0.15) is 50.7 Å². The van der Waals surface area contributed by atoms with Gasteiger partial charge in [0.25, 0.3) is 0 Å². The molecule has 0 spiro atoms. The Bertz CT molecular complexity index is 846. The summed E-state index contributed by atoms with van der Waals surface area (Å²) < 4.78 is 0. The lowest BCUT2D eigenvalue weighted by Crippen LogP contribution is -2.16. The highest BCUT2D eigenvalue weighted by Gasteiger charge is 2.20. The molecule has 144 valence electrons. The zero-order valence-electron chi connectivity index (χ0n) is 17.6. The van der Waals surface area contributed by atoms with E-state index in [1.54, 1.807) is 6.20 Å². The molecule has 0 saturated carbocycles. The summed E-state index contributed by atoms with van der Waals surface area (Å²) in [4.78, 5) is 21.7. The van der Waals surface area contributed by atoms with Crippen molar-refractivity contribution in [1.29, 1.82) is 0 Å². The second-order valence-electron chi connectivity index (χ2n) is 7.59. The summed E-state index contributed by atoms with van der Waals surface area (Å²) in [6.45, 7) is 8.68. The summed E-state index contributed by atoms with van der Waals surface area (Å²) in [5.74, 6) is 1.90. The van der Waals surface area contributed by atoms with Crippen LogP contribution >= 0.6 is 0 Å². The Morgan fingerprint density at radius 2 is 1.63 bits per heavy atom. The molecule has 2 aromatic heterocycles. The lowest BCUT2D eigenvalue weighted by Gasteiger charge is -2.25. The van der Waals surface area contributed by atoms with Gasteiger partial charge < -0.3 is 9.80 Å². The van der Waals surface area contributed by atoms with Crippen LogP contribution in [0.3, 0.4) is 0 Å². The van der Waals surface area contributed by atoms with Crippen LogP contribution in [0, 0.1) is 0 Å². The van der Waals surface area contributed by atoms with Crippen LogP contribution in [-0.2, 0) is 0 Å². The van der Waals surface area contributed by atoms with Gasteiger partial charge in [-0.15, -0.1) is 0 Å². The molecule has 0 atom stereocenters. The van der Waals surface area contributed by atoms with Gasteiger partial charge in [-0.2, -0.15) is 9.98 Å². The standard InChI is InChI=1S/C21H30N6/c1-14(2)17-12-23-21(19(15(3)4)20(17)27(7)8)25-13-24-18-11-16(26(5)6)9-10-22-18/h9-12,14-15H,1-8H3. The van der Waals surface area contributed by atoms with Gasteiger partial charge in [0.2, 0.25) is 0 Å². The van der Waals surface area contributed by atoms with Crippen LogP contribution in [-0.4, -0.2) is 44.2 Å². The minimum Gasteiger partial charge on any atom is -0.378 e. The van der Waals surface area contributed by atoms with Gasteiger partial charge in [-0.3, -0.25) is 0 Å². The number of aliphatic imine (C=N–C) groups is 2. The largest absolute Gasteiger partial charge is 0.378 e. The zero-order valence-corrected chi connectivity index (χ0v) is 17.6. The summed E-state index contributed by atoms with van der Waals surface area (Å²) >= 11 is 0. The fourth-order valence-corrected chi connectivity index (χ4v) is 2.94. The highest BCUT2D eigenvalue weighted by molar-refractivity contribution is 5.69. The normalized spacial score (nSPS) is 10.7. The lowest BCUT2D eigenvalue weighted by atomic mass is 9.94. The van der Waals surface area contributed by atoms with E-state index in [0.29, 0.717) is 17.6 Å². The van der Waals surface area contributed by atoms with E-state index in [1.807, 2.05) is 37.3 Å². The molecule has 2 heterocycles. The first-order chi connectivity index (χ1) is 12.7. The molecule has 0 radical (unpaired) electrons.